The number of aromatic hydroxyl groups is 1. The third-order valence-corrected chi connectivity index (χ3v) is 3.35. The van der Waals surface area contributed by atoms with Crippen molar-refractivity contribution >= 4 is 11.6 Å². The molecule has 0 radical (unpaired) electrons. The predicted molar refractivity (Wildman–Crippen MR) is 69.6 cm³/mol. The van der Waals surface area contributed by atoms with Gasteiger partial charge in [-0.1, -0.05) is 18.2 Å². The molecule has 1 heterocycles. The van der Waals surface area contributed by atoms with Crippen LogP contribution in [0.4, 0.5) is 10.1 Å². The van der Waals surface area contributed by atoms with Crippen LogP contribution in [0.15, 0.2) is 42.5 Å². The fourth-order valence-electron chi connectivity index (χ4n) is 2.45. The van der Waals surface area contributed by atoms with Crippen LogP contribution in [0.1, 0.15) is 23.5 Å². The van der Waals surface area contributed by atoms with Crippen LogP contribution >= 0.6 is 0 Å². The van der Waals surface area contributed by atoms with E-state index in [9.17, 15) is 14.3 Å². The van der Waals surface area contributed by atoms with Gasteiger partial charge in [-0.2, -0.15) is 0 Å². The summed E-state index contributed by atoms with van der Waals surface area (Å²) < 4.78 is 13.0. The van der Waals surface area contributed by atoms with E-state index < -0.39 is 0 Å². The Kier molecular flexibility index (Phi) is 2.71. The quantitative estimate of drug-likeness (QED) is 0.825. The van der Waals surface area contributed by atoms with Gasteiger partial charge in [0.1, 0.15) is 11.6 Å². The van der Waals surface area contributed by atoms with Crippen molar-refractivity contribution < 1.29 is 14.3 Å². The van der Waals surface area contributed by atoms with E-state index in [1.54, 1.807) is 24.3 Å². The summed E-state index contributed by atoms with van der Waals surface area (Å²) in [5, 5.41) is 12.2. The molecular weight excluding hydrogens is 245 g/mol. The Bertz CT molecular complexity index is 637. The van der Waals surface area contributed by atoms with Gasteiger partial charge in [-0.3, -0.25) is 4.79 Å². The number of anilines is 1. The Hall–Kier alpha value is -2.36. The lowest BCUT2D eigenvalue weighted by Crippen LogP contribution is -2.23. The van der Waals surface area contributed by atoms with Crippen molar-refractivity contribution in [3.8, 4) is 5.75 Å². The van der Waals surface area contributed by atoms with E-state index >= 15 is 0 Å². The third kappa shape index (κ3) is 2.17. The highest BCUT2D eigenvalue weighted by atomic mass is 19.1. The van der Waals surface area contributed by atoms with E-state index in [-0.39, 0.29) is 23.4 Å². The number of carbonyl (C=O) groups is 1. The van der Waals surface area contributed by atoms with Crippen molar-refractivity contribution in [2.75, 3.05) is 5.32 Å². The van der Waals surface area contributed by atoms with E-state index in [1.165, 1.54) is 18.2 Å². The molecule has 96 valence electrons. The number of nitrogens with one attached hydrogen (secondary N) is 1. The number of rotatable bonds is 1. The van der Waals surface area contributed by atoms with Crippen LogP contribution in [0, 0.1) is 5.82 Å². The SMILES string of the molecule is O=C1CC(c2ccc(F)cc2)c2ccc(O)cc2N1. The topological polar surface area (TPSA) is 49.3 Å². The lowest BCUT2D eigenvalue weighted by molar-refractivity contribution is -0.116. The maximum absolute atomic E-state index is 13.0. The molecule has 2 aromatic carbocycles. The fourth-order valence-corrected chi connectivity index (χ4v) is 2.45. The Morgan fingerprint density at radius 1 is 1.16 bits per heavy atom. The van der Waals surface area contributed by atoms with Gasteiger partial charge in [0.05, 0.1) is 0 Å². The molecule has 0 bridgehead atoms. The first-order valence-corrected chi connectivity index (χ1v) is 6.02. The summed E-state index contributed by atoms with van der Waals surface area (Å²) in [4.78, 5) is 11.7. The molecule has 3 rings (SSSR count). The minimum Gasteiger partial charge on any atom is -0.508 e. The van der Waals surface area contributed by atoms with Gasteiger partial charge in [-0.25, -0.2) is 4.39 Å². The number of phenolic OH excluding ortho intramolecular Hbond substituents is 1. The Morgan fingerprint density at radius 2 is 1.89 bits per heavy atom. The van der Waals surface area contributed by atoms with Crippen LogP contribution in [-0.4, -0.2) is 11.0 Å². The highest BCUT2D eigenvalue weighted by Gasteiger charge is 2.26. The van der Waals surface area contributed by atoms with Crippen molar-refractivity contribution in [3.05, 3.63) is 59.4 Å². The van der Waals surface area contributed by atoms with Crippen LogP contribution in [0.3, 0.4) is 0 Å². The van der Waals surface area contributed by atoms with Gasteiger partial charge >= 0.3 is 0 Å². The molecule has 3 nitrogen and oxygen atoms in total. The highest BCUT2D eigenvalue weighted by molar-refractivity contribution is 5.95. The fraction of sp³-hybridized carbons (Fsp3) is 0.133. The van der Waals surface area contributed by atoms with E-state index in [2.05, 4.69) is 5.32 Å². The van der Waals surface area contributed by atoms with Gasteiger partial charge in [0.2, 0.25) is 5.91 Å². The summed E-state index contributed by atoms with van der Waals surface area (Å²) >= 11 is 0. The first-order valence-electron chi connectivity index (χ1n) is 6.02. The molecule has 0 saturated heterocycles. The molecular formula is C15H12FNO2. The summed E-state index contributed by atoms with van der Waals surface area (Å²) in [5.74, 6) is -0.397. The molecule has 19 heavy (non-hydrogen) atoms. The molecule has 1 unspecified atom stereocenters. The molecule has 1 atom stereocenters. The number of hydrogen-bond acceptors (Lipinski definition) is 2. The number of hydrogen-bond donors (Lipinski definition) is 2. The van der Waals surface area contributed by atoms with Crippen molar-refractivity contribution in [2.45, 2.75) is 12.3 Å². The van der Waals surface area contributed by atoms with E-state index in [1.807, 2.05) is 0 Å². The van der Waals surface area contributed by atoms with E-state index in [0.717, 1.165) is 11.1 Å². The molecule has 1 amide bonds. The first-order chi connectivity index (χ1) is 9.13. The number of carbonyl (C=O) groups excluding carboxylic acids is 1. The van der Waals surface area contributed by atoms with Gasteiger partial charge in [-0.05, 0) is 29.3 Å². The number of amides is 1. The summed E-state index contributed by atoms with van der Waals surface area (Å²) in [6.45, 7) is 0. The molecule has 0 aliphatic carbocycles. The van der Waals surface area contributed by atoms with Gasteiger partial charge in [0, 0.05) is 24.1 Å². The van der Waals surface area contributed by atoms with Crippen molar-refractivity contribution in [1.82, 2.24) is 0 Å². The molecule has 1 aliphatic rings. The molecule has 0 saturated carbocycles. The monoisotopic (exact) mass is 257 g/mol. The molecule has 0 fully saturated rings. The van der Waals surface area contributed by atoms with Crippen LogP contribution in [0.2, 0.25) is 0 Å². The average Bonchev–Trinajstić information content (AvgIpc) is 2.38. The van der Waals surface area contributed by atoms with E-state index in [0.29, 0.717) is 12.1 Å². The minimum atomic E-state index is -0.296. The summed E-state index contributed by atoms with van der Waals surface area (Å²) in [7, 11) is 0. The summed E-state index contributed by atoms with van der Waals surface area (Å²) in [6.07, 6.45) is 0.323. The maximum atomic E-state index is 13.0. The zero-order valence-corrected chi connectivity index (χ0v) is 10.1. The Morgan fingerprint density at radius 3 is 2.63 bits per heavy atom. The molecule has 0 spiro atoms. The maximum Gasteiger partial charge on any atom is 0.225 e. The molecule has 1 aliphatic heterocycles. The van der Waals surface area contributed by atoms with Gasteiger partial charge in [0.15, 0.2) is 0 Å². The van der Waals surface area contributed by atoms with Gasteiger partial charge < -0.3 is 10.4 Å². The van der Waals surface area contributed by atoms with Crippen LogP contribution in [-0.2, 0) is 4.79 Å². The lowest BCUT2D eigenvalue weighted by Gasteiger charge is -2.26. The normalized spacial score (nSPS) is 17.7. The summed E-state index contributed by atoms with van der Waals surface area (Å²) in [6, 6.07) is 11.1. The zero-order chi connectivity index (χ0) is 13.4. The standard InChI is InChI=1S/C15H12FNO2/c16-10-3-1-9(2-4-10)13-8-15(19)17-14-7-11(18)5-6-12(13)14/h1-7,13,18H,8H2,(H,17,19). The van der Waals surface area contributed by atoms with Crippen LogP contribution in [0.25, 0.3) is 0 Å². The molecule has 2 N–H and O–H groups in total. The van der Waals surface area contributed by atoms with Crippen LogP contribution in [0.5, 0.6) is 5.75 Å². The first kappa shape index (κ1) is 11.7. The molecule has 0 aromatic heterocycles. The third-order valence-electron chi connectivity index (χ3n) is 3.35. The van der Waals surface area contributed by atoms with Crippen molar-refractivity contribution in [2.24, 2.45) is 0 Å². The largest absolute Gasteiger partial charge is 0.508 e. The van der Waals surface area contributed by atoms with Gasteiger partial charge in [-0.15, -0.1) is 0 Å². The second-order valence-electron chi connectivity index (χ2n) is 4.63. The zero-order valence-electron chi connectivity index (χ0n) is 10.1. The predicted octanol–water partition coefficient (Wildman–Crippen LogP) is 3.01. The van der Waals surface area contributed by atoms with Crippen molar-refractivity contribution in [1.29, 1.82) is 0 Å². The number of phenols is 1. The number of fused-ring (bicyclic) bond motifs is 1. The second-order valence-corrected chi connectivity index (χ2v) is 4.63. The average molecular weight is 257 g/mol. The summed E-state index contributed by atoms with van der Waals surface area (Å²) in [5.41, 5.74) is 2.44. The number of benzene rings is 2. The second kappa shape index (κ2) is 4.39. The number of halogens is 1. The Labute approximate surface area is 109 Å². The minimum absolute atomic E-state index is 0.104. The highest BCUT2D eigenvalue weighted by Crippen LogP contribution is 2.38. The van der Waals surface area contributed by atoms with Crippen molar-refractivity contribution in [3.63, 3.8) is 0 Å². The van der Waals surface area contributed by atoms with E-state index in [4.69, 9.17) is 0 Å². The molecule has 4 heteroatoms. The van der Waals surface area contributed by atoms with Crippen LogP contribution < -0.4 is 5.32 Å². The smallest absolute Gasteiger partial charge is 0.225 e. The Balaban J connectivity index is 2.08. The van der Waals surface area contributed by atoms with Gasteiger partial charge in [0.25, 0.3) is 0 Å². The molecule has 2 aromatic rings. The lowest BCUT2D eigenvalue weighted by atomic mass is 9.85.